The summed E-state index contributed by atoms with van der Waals surface area (Å²) >= 11 is 0. The Morgan fingerprint density at radius 3 is 1.15 bits per heavy atom. The number of aromatic amines is 2. The van der Waals surface area contributed by atoms with Crippen LogP contribution in [0, 0.1) is 13.8 Å². The van der Waals surface area contributed by atoms with E-state index in [1.54, 1.807) is 72.8 Å². The molecular weight excluding hydrogens is 1480 g/mol. The number of nitrogens with one attached hydrogen (secondary N) is 2. The van der Waals surface area contributed by atoms with Gasteiger partial charge in [-0.2, -0.15) is 0 Å². The number of aromatic hydroxyl groups is 3. The van der Waals surface area contributed by atoms with Crippen LogP contribution in [0.2, 0.25) is 0 Å². The van der Waals surface area contributed by atoms with E-state index in [4.69, 9.17) is 29.5 Å². The summed E-state index contributed by atoms with van der Waals surface area (Å²) in [7, 11) is 4.94. The zero-order chi connectivity index (χ0) is 84.1. The topological polar surface area (TPSA) is 351 Å². The van der Waals surface area contributed by atoms with Gasteiger partial charge in [0.2, 0.25) is 5.75 Å². The third-order valence-electron chi connectivity index (χ3n) is 20.5. The molecule has 0 aliphatic rings. The van der Waals surface area contributed by atoms with Gasteiger partial charge in [-0.3, -0.25) is 4.79 Å². The van der Waals surface area contributed by atoms with Crippen molar-refractivity contribution >= 4 is 46.9 Å². The maximum atomic E-state index is 11.8. The van der Waals surface area contributed by atoms with E-state index >= 15 is 0 Å². The van der Waals surface area contributed by atoms with Crippen LogP contribution in [-0.2, 0) is 18.3 Å². The number of carboxylic acid groups (broad SMARTS) is 5. The van der Waals surface area contributed by atoms with Crippen molar-refractivity contribution in [1.82, 2.24) is 29.5 Å². The molecule has 24 heteroatoms. The molecular formula is C93H93N9O15. The maximum Gasteiger partial charge on any atom is 0.335 e. The number of aliphatic carboxylic acids is 1. The lowest BCUT2D eigenvalue weighted by Gasteiger charge is -2.22. The quantitative estimate of drug-likeness (QED) is 0.0218. The Hall–Kier alpha value is -14.4. The average Bonchev–Trinajstić information content (AvgIpc) is 1.74. The molecule has 3 heterocycles. The average molecular weight is 1580 g/mol. The summed E-state index contributed by atoms with van der Waals surface area (Å²) in [5.41, 5.74) is 18.4. The molecule has 0 spiro atoms. The van der Waals surface area contributed by atoms with Gasteiger partial charge in [-0.25, -0.2) is 34.1 Å². The molecule has 13 rings (SSSR count). The SMILES string of the molecule is CCN(CC)c1ccc(-c2[nH]c(-c3cc(OC)c(O)c(OC)c3)nc2-c2ccc(N(CC)CCC(=O)O)cc2)cc1.CCc1nc(-c2cc(-c3cccc(C(=O)O)c3)c(O)c(-c3cccc(C(=O)O)c3)c2)n(C)c1-c1ccc(N(CC)CC)cc1.Cc1cc(-c2nc(-c3ccc(C(=O)O)cc3)c(-c3ccc(C(=O)O)cc3)[nH]2)cc(C)c1O. The van der Waals surface area contributed by atoms with Crippen molar-refractivity contribution in [1.29, 1.82) is 0 Å². The van der Waals surface area contributed by atoms with Crippen LogP contribution in [0.5, 0.6) is 28.7 Å². The van der Waals surface area contributed by atoms with Gasteiger partial charge in [-0.05, 0) is 198 Å². The number of methoxy groups -OCH3 is 2. The van der Waals surface area contributed by atoms with E-state index in [1.165, 1.54) is 62.8 Å². The highest BCUT2D eigenvalue weighted by atomic mass is 16.5. The minimum atomic E-state index is -1.08. The summed E-state index contributed by atoms with van der Waals surface area (Å²) in [5, 5.41) is 78.8. The number of rotatable bonds is 28. The smallest absolute Gasteiger partial charge is 0.335 e. The fourth-order valence-electron chi connectivity index (χ4n) is 14.2. The molecule has 0 aliphatic heterocycles. The molecule has 0 radical (unpaired) electrons. The van der Waals surface area contributed by atoms with Crippen LogP contribution in [0.25, 0.3) is 113 Å². The van der Waals surface area contributed by atoms with Crippen LogP contribution in [0.1, 0.15) is 106 Å². The molecule has 13 aromatic rings. The highest BCUT2D eigenvalue weighted by molar-refractivity contribution is 5.95. The molecule has 3 aromatic heterocycles. The summed E-state index contributed by atoms with van der Waals surface area (Å²) in [6.07, 6.45) is 0.769. The number of carboxylic acids is 5. The lowest BCUT2D eigenvalue weighted by atomic mass is 9.93. The molecule has 10 aromatic carbocycles. The highest BCUT2D eigenvalue weighted by Gasteiger charge is 2.26. The van der Waals surface area contributed by atoms with Crippen molar-refractivity contribution in [3.05, 3.63) is 245 Å². The Morgan fingerprint density at radius 1 is 0.393 bits per heavy atom. The van der Waals surface area contributed by atoms with Crippen molar-refractivity contribution in [3.63, 3.8) is 0 Å². The molecule has 0 bridgehead atoms. The van der Waals surface area contributed by atoms with Gasteiger partial charge in [0.05, 0.1) is 77.1 Å². The molecule has 117 heavy (non-hydrogen) atoms. The Balaban J connectivity index is 0.000000174. The van der Waals surface area contributed by atoms with Crippen molar-refractivity contribution in [2.75, 3.05) is 68.2 Å². The second-order valence-electron chi connectivity index (χ2n) is 27.6. The van der Waals surface area contributed by atoms with Gasteiger partial charge >= 0.3 is 29.8 Å². The number of hydrogen-bond acceptors (Lipinski definition) is 16. The van der Waals surface area contributed by atoms with E-state index in [1.807, 2.05) is 73.7 Å². The number of aryl methyl sites for hydroxylation is 3. The van der Waals surface area contributed by atoms with Gasteiger partial charge in [0, 0.05) is 119 Å². The predicted molar refractivity (Wildman–Crippen MR) is 457 cm³/mol. The predicted octanol–water partition coefficient (Wildman–Crippen LogP) is 19.0. The lowest BCUT2D eigenvalue weighted by Crippen LogP contribution is -2.25. The molecule has 0 amide bonds. The molecule has 0 aliphatic carbocycles. The summed E-state index contributed by atoms with van der Waals surface area (Å²) < 4.78 is 12.8. The number of aromatic nitrogens is 6. The van der Waals surface area contributed by atoms with Crippen LogP contribution >= 0.6 is 0 Å². The van der Waals surface area contributed by atoms with E-state index in [0.29, 0.717) is 87.3 Å². The number of nitrogens with zero attached hydrogens (tertiary/aromatic N) is 7. The number of phenolic OH excluding ortho intramolecular Hbond substituents is 3. The van der Waals surface area contributed by atoms with E-state index in [-0.39, 0.29) is 57.4 Å². The van der Waals surface area contributed by atoms with E-state index in [2.05, 4.69) is 103 Å². The van der Waals surface area contributed by atoms with Gasteiger partial charge in [0.25, 0.3) is 0 Å². The minimum absolute atomic E-state index is 0.0725. The first-order valence-electron chi connectivity index (χ1n) is 38.3. The monoisotopic (exact) mass is 1580 g/mol. The van der Waals surface area contributed by atoms with E-state index < -0.39 is 29.8 Å². The van der Waals surface area contributed by atoms with Gasteiger partial charge in [0.1, 0.15) is 29.0 Å². The first-order chi connectivity index (χ1) is 56.2. The van der Waals surface area contributed by atoms with Crippen LogP contribution in [-0.4, -0.2) is 154 Å². The summed E-state index contributed by atoms with van der Waals surface area (Å²) in [4.78, 5) is 85.3. The number of imidazole rings is 3. The van der Waals surface area contributed by atoms with Crippen molar-refractivity contribution in [2.45, 2.75) is 68.2 Å². The third kappa shape index (κ3) is 18.6. The number of benzene rings is 10. The number of anilines is 3. The lowest BCUT2D eigenvalue weighted by molar-refractivity contribution is -0.136. The van der Waals surface area contributed by atoms with Crippen LogP contribution in [0.15, 0.2) is 206 Å². The molecule has 0 unspecified atom stereocenters. The zero-order valence-corrected chi connectivity index (χ0v) is 66.9. The fraction of sp³-hybridized carbons (Fsp3) is 0.204. The Morgan fingerprint density at radius 2 is 0.769 bits per heavy atom. The summed E-state index contributed by atoms with van der Waals surface area (Å²) in [6.45, 7) is 21.1. The molecule has 600 valence electrons. The summed E-state index contributed by atoms with van der Waals surface area (Å²) in [5.74, 6) is -2.52. The van der Waals surface area contributed by atoms with Gasteiger partial charge in [0.15, 0.2) is 11.5 Å². The van der Waals surface area contributed by atoms with Crippen molar-refractivity contribution in [2.24, 2.45) is 7.05 Å². The normalized spacial score (nSPS) is 10.9. The second kappa shape index (κ2) is 37.0. The number of phenols is 3. The highest BCUT2D eigenvalue weighted by Crippen LogP contribution is 2.46. The van der Waals surface area contributed by atoms with Crippen molar-refractivity contribution in [3.8, 4) is 141 Å². The Kier molecular flexibility index (Phi) is 26.4. The van der Waals surface area contributed by atoms with Gasteiger partial charge < -0.3 is 79.6 Å². The molecule has 0 atom stereocenters. The molecule has 24 nitrogen and oxygen atoms in total. The van der Waals surface area contributed by atoms with Gasteiger partial charge in [-0.1, -0.05) is 91.9 Å². The number of aromatic carboxylic acids is 4. The second-order valence-corrected chi connectivity index (χ2v) is 27.6. The standard InChI is InChI=1S/C36H35N3O5.C32H38N4O5.C25H20N2O5/c1-5-31-32(22-14-16-28(17-15-22)39(6-2)7-3)38(4)34(37-31)27-20-29(23-10-8-12-25(18-23)35(41)42)33(40)30(21-27)24-11-9-13-26(19-24)36(43)44;1-6-35(7-2)24-13-9-21(10-14-24)29-30(22-11-15-25(16-12-22)36(8-3)18-17-28(37)38)34-32(33-29)23-19-26(40-4)31(39)27(20-23)41-5;1-13-11-19(12-14(2)22(13)28)23-26-20(15-3-7-17(8-4-15)24(29)30)21(27-23)16-5-9-18(10-6-16)25(31)32/h8-21,40H,5-7H2,1-4H3,(H,41,42)(H,43,44);9-16,19-20,39H,6-8,17-18H2,1-5H3,(H,33,34)(H,37,38);3-12,28H,1-2H3,(H,26,27)(H,29,30)(H,31,32). The van der Waals surface area contributed by atoms with E-state index in [0.717, 1.165) is 105 Å². The van der Waals surface area contributed by atoms with Crippen LogP contribution in [0.4, 0.5) is 17.1 Å². The van der Waals surface area contributed by atoms with Crippen molar-refractivity contribution < 1.29 is 74.3 Å². The van der Waals surface area contributed by atoms with Crippen LogP contribution in [0.3, 0.4) is 0 Å². The number of hydrogen-bond donors (Lipinski definition) is 10. The molecule has 10 N–H and O–H groups in total. The first kappa shape index (κ1) is 83.5. The zero-order valence-electron chi connectivity index (χ0n) is 66.9. The third-order valence-corrected chi connectivity index (χ3v) is 20.5. The molecule has 0 saturated carbocycles. The number of carbonyl (C=O) groups is 5. The van der Waals surface area contributed by atoms with Crippen LogP contribution < -0.4 is 24.2 Å². The largest absolute Gasteiger partial charge is 0.507 e. The van der Waals surface area contributed by atoms with Gasteiger partial charge in [-0.15, -0.1) is 0 Å². The number of H-pyrrole nitrogens is 2. The Bertz CT molecular complexity index is 5560. The summed E-state index contributed by atoms with van der Waals surface area (Å²) in [6, 6.07) is 61.1. The Labute approximate surface area is 677 Å². The molecule has 0 fully saturated rings. The first-order valence-corrected chi connectivity index (χ1v) is 38.3. The number of ether oxygens (including phenoxy) is 2. The fourth-order valence-corrected chi connectivity index (χ4v) is 14.2. The maximum absolute atomic E-state index is 11.8. The minimum Gasteiger partial charge on any atom is -0.507 e. The molecule has 0 saturated heterocycles. The van der Waals surface area contributed by atoms with E-state index in [9.17, 15) is 59.7 Å².